The largest absolute Gasteiger partial charge is 0.348 e. The van der Waals surface area contributed by atoms with Crippen LogP contribution in [0.15, 0.2) is 12.2 Å². The second-order valence-electron chi connectivity index (χ2n) is 5.30. The van der Waals surface area contributed by atoms with Crippen molar-refractivity contribution in [2.45, 2.75) is 44.3 Å². The molecule has 16 heavy (non-hydrogen) atoms. The number of rotatable bonds is 0. The predicted molar refractivity (Wildman–Crippen MR) is 58.9 cm³/mol. The van der Waals surface area contributed by atoms with E-state index in [4.69, 9.17) is 9.47 Å². The summed E-state index contributed by atoms with van der Waals surface area (Å²) < 4.78 is 11.6. The molecule has 3 nitrogen and oxygen atoms in total. The minimum Gasteiger partial charge on any atom is -0.348 e. The number of ketones is 1. The van der Waals surface area contributed by atoms with Crippen LogP contribution in [0.25, 0.3) is 0 Å². The Balaban J connectivity index is 1.81. The van der Waals surface area contributed by atoms with Crippen LogP contribution < -0.4 is 0 Å². The molecule has 1 unspecified atom stereocenters. The van der Waals surface area contributed by atoms with Crippen molar-refractivity contribution < 1.29 is 14.3 Å². The SMILES string of the molecule is O=C1C=CC2(CCCC3(C2)OCCO3)CC1. The van der Waals surface area contributed by atoms with Gasteiger partial charge in [0.2, 0.25) is 0 Å². The van der Waals surface area contributed by atoms with E-state index < -0.39 is 0 Å². The average Bonchev–Trinajstić information content (AvgIpc) is 2.71. The highest BCUT2D eigenvalue weighted by atomic mass is 16.7. The number of ether oxygens (including phenoxy) is 2. The van der Waals surface area contributed by atoms with Crippen molar-refractivity contribution in [1.29, 1.82) is 0 Å². The third-order valence-electron chi connectivity index (χ3n) is 4.16. The van der Waals surface area contributed by atoms with Gasteiger partial charge in [0.1, 0.15) is 0 Å². The van der Waals surface area contributed by atoms with Crippen LogP contribution in [0.3, 0.4) is 0 Å². The Morgan fingerprint density at radius 2 is 1.94 bits per heavy atom. The van der Waals surface area contributed by atoms with Crippen LogP contribution in [0.1, 0.15) is 38.5 Å². The van der Waals surface area contributed by atoms with E-state index in [1.165, 1.54) is 6.42 Å². The van der Waals surface area contributed by atoms with Gasteiger partial charge in [-0.1, -0.05) is 6.08 Å². The lowest BCUT2D eigenvalue weighted by atomic mass is 9.66. The first-order valence-corrected chi connectivity index (χ1v) is 6.22. The first-order chi connectivity index (χ1) is 7.72. The second-order valence-corrected chi connectivity index (χ2v) is 5.30. The molecule has 3 rings (SSSR count). The fourth-order valence-electron chi connectivity index (χ4n) is 3.33. The molecule has 1 saturated heterocycles. The Kier molecular flexibility index (Phi) is 2.41. The molecule has 0 aromatic rings. The van der Waals surface area contributed by atoms with Gasteiger partial charge in [-0.25, -0.2) is 0 Å². The van der Waals surface area contributed by atoms with Crippen LogP contribution in [-0.4, -0.2) is 24.8 Å². The van der Waals surface area contributed by atoms with Gasteiger partial charge < -0.3 is 9.47 Å². The van der Waals surface area contributed by atoms with Crippen LogP contribution in [0.4, 0.5) is 0 Å². The molecule has 3 aliphatic rings. The number of hydrogen-bond donors (Lipinski definition) is 0. The summed E-state index contributed by atoms with van der Waals surface area (Å²) >= 11 is 0. The molecule has 0 radical (unpaired) electrons. The minimum absolute atomic E-state index is 0.163. The third kappa shape index (κ3) is 1.72. The summed E-state index contributed by atoms with van der Waals surface area (Å²) in [6.45, 7) is 1.44. The van der Waals surface area contributed by atoms with Crippen molar-refractivity contribution in [1.82, 2.24) is 0 Å². The molecule has 1 atom stereocenters. The van der Waals surface area contributed by atoms with E-state index >= 15 is 0 Å². The van der Waals surface area contributed by atoms with E-state index in [0.29, 0.717) is 6.42 Å². The number of allylic oxidation sites excluding steroid dienone is 2. The Hall–Kier alpha value is -0.670. The molecule has 88 valence electrons. The molecule has 1 heterocycles. The van der Waals surface area contributed by atoms with Gasteiger partial charge in [0.25, 0.3) is 0 Å². The molecule has 2 spiro atoms. The monoisotopic (exact) mass is 222 g/mol. The molecule has 1 aliphatic heterocycles. The van der Waals surface area contributed by atoms with E-state index in [0.717, 1.165) is 38.9 Å². The van der Waals surface area contributed by atoms with Crippen molar-refractivity contribution in [3.63, 3.8) is 0 Å². The topological polar surface area (TPSA) is 35.5 Å². The van der Waals surface area contributed by atoms with Gasteiger partial charge in [-0.2, -0.15) is 0 Å². The highest BCUT2D eigenvalue weighted by Gasteiger charge is 2.47. The standard InChI is InChI=1S/C13H18O3/c14-11-2-6-12(7-3-11)4-1-5-13(10-12)15-8-9-16-13/h2,6H,1,3-5,7-10H2. The van der Waals surface area contributed by atoms with E-state index in [-0.39, 0.29) is 17.0 Å². The Labute approximate surface area is 95.8 Å². The third-order valence-corrected chi connectivity index (χ3v) is 4.16. The fraction of sp³-hybridized carbons (Fsp3) is 0.769. The lowest BCUT2D eigenvalue weighted by molar-refractivity contribution is -0.197. The number of hydrogen-bond acceptors (Lipinski definition) is 3. The summed E-state index contributed by atoms with van der Waals surface area (Å²) in [6, 6.07) is 0. The maximum absolute atomic E-state index is 11.3. The van der Waals surface area contributed by atoms with Crippen LogP contribution in [-0.2, 0) is 14.3 Å². The second kappa shape index (κ2) is 3.67. The first kappa shape index (κ1) is 10.5. The summed E-state index contributed by atoms with van der Waals surface area (Å²) in [7, 11) is 0. The summed E-state index contributed by atoms with van der Waals surface area (Å²) in [5.41, 5.74) is 0.163. The maximum Gasteiger partial charge on any atom is 0.169 e. The maximum atomic E-state index is 11.3. The molecular formula is C13H18O3. The van der Waals surface area contributed by atoms with E-state index in [2.05, 4.69) is 6.08 Å². The Morgan fingerprint density at radius 1 is 1.12 bits per heavy atom. The van der Waals surface area contributed by atoms with Gasteiger partial charge >= 0.3 is 0 Å². The molecule has 0 N–H and O–H groups in total. The Morgan fingerprint density at radius 3 is 2.62 bits per heavy atom. The molecule has 0 aromatic carbocycles. The molecule has 0 amide bonds. The van der Waals surface area contributed by atoms with Crippen LogP contribution in [0.2, 0.25) is 0 Å². The van der Waals surface area contributed by atoms with Crippen molar-refractivity contribution >= 4 is 5.78 Å². The zero-order chi connectivity index (χ0) is 11.1. The Bertz CT molecular complexity index is 328. The lowest BCUT2D eigenvalue weighted by Crippen LogP contribution is -2.42. The van der Waals surface area contributed by atoms with Gasteiger partial charge in [-0.3, -0.25) is 4.79 Å². The highest BCUT2D eigenvalue weighted by molar-refractivity contribution is 5.90. The first-order valence-electron chi connectivity index (χ1n) is 6.22. The van der Waals surface area contributed by atoms with Crippen molar-refractivity contribution in [3.05, 3.63) is 12.2 Å². The van der Waals surface area contributed by atoms with Crippen LogP contribution >= 0.6 is 0 Å². The molecule has 0 aromatic heterocycles. The molecule has 3 heteroatoms. The van der Waals surface area contributed by atoms with Gasteiger partial charge in [0.05, 0.1) is 13.2 Å². The number of carbonyl (C=O) groups excluding carboxylic acids is 1. The van der Waals surface area contributed by atoms with Crippen LogP contribution in [0, 0.1) is 5.41 Å². The molecule has 1 saturated carbocycles. The zero-order valence-electron chi connectivity index (χ0n) is 9.54. The summed E-state index contributed by atoms with van der Waals surface area (Å²) in [4.78, 5) is 11.3. The van der Waals surface area contributed by atoms with E-state index in [1.54, 1.807) is 6.08 Å². The van der Waals surface area contributed by atoms with E-state index in [9.17, 15) is 4.79 Å². The van der Waals surface area contributed by atoms with E-state index in [1.807, 2.05) is 0 Å². The highest BCUT2D eigenvalue weighted by Crippen LogP contribution is 2.50. The zero-order valence-corrected chi connectivity index (χ0v) is 9.54. The van der Waals surface area contributed by atoms with Gasteiger partial charge in [0.15, 0.2) is 11.6 Å². The summed E-state index contributed by atoms with van der Waals surface area (Å²) in [5, 5.41) is 0. The van der Waals surface area contributed by atoms with Crippen molar-refractivity contribution in [2.75, 3.05) is 13.2 Å². The van der Waals surface area contributed by atoms with Crippen molar-refractivity contribution in [3.8, 4) is 0 Å². The quantitative estimate of drug-likeness (QED) is 0.630. The van der Waals surface area contributed by atoms with Gasteiger partial charge in [0, 0.05) is 19.3 Å². The van der Waals surface area contributed by atoms with Gasteiger partial charge in [-0.05, 0) is 30.8 Å². The molecule has 2 aliphatic carbocycles. The molecule has 0 bridgehead atoms. The van der Waals surface area contributed by atoms with Crippen LogP contribution in [0.5, 0.6) is 0 Å². The normalized spacial score (nSPS) is 37.4. The predicted octanol–water partition coefficient (Wildman–Crippen LogP) is 2.21. The smallest absolute Gasteiger partial charge is 0.169 e. The van der Waals surface area contributed by atoms with Gasteiger partial charge in [-0.15, -0.1) is 0 Å². The average molecular weight is 222 g/mol. The minimum atomic E-state index is -0.330. The summed E-state index contributed by atoms with van der Waals surface area (Å²) in [5.74, 6) is -0.0679. The summed E-state index contributed by atoms with van der Waals surface area (Å²) in [6.07, 6.45) is 9.79. The number of carbonyl (C=O) groups is 1. The molecule has 2 fully saturated rings. The van der Waals surface area contributed by atoms with Crippen molar-refractivity contribution in [2.24, 2.45) is 5.41 Å². The fourth-order valence-corrected chi connectivity index (χ4v) is 3.33. The lowest BCUT2D eigenvalue weighted by Gasteiger charge is -2.44. The molecular weight excluding hydrogens is 204 g/mol.